The lowest BCUT2D eigenvalue weighted by molar-refractivity contribution is 0.195. The van der Waals surface area contributed by atoms with Crippen LogP contribution in [0.5, 0.6) is 0 Å². The van der Waals surface area contributed by atoms with Crippen LogP contribution in [0.1, 0.15) is 6.42 Å². The van der Waals surface area contributed by atoms with E-state index in [-0.39, 0.29) is 0 Å². The second kappa shape index (κ2) is 3.94. The first kappa shape index (κ1) is 8.78. The van der Waals surface area contributed by atoms with E-state index in [1.807, 2.05) is 12.1 Å². The fourth-order valence-electron chi connectivity index (χ4n) is 1.38. The van der Waals surface area contributed by atoms with Crippen molar-refractivity contribution in [2.24, 2.45) is 0 Å². The summed E-state index contributed by atoms with van der Waals surface area (Å²) in [7, 11) is 0. The van der Waals surface area contributed by atoms with Gasteiger partial charge in [0.1, 0.15) is 5.15 Å². The average Bonchev–Trinajstić information content (AvgIpc) is 2.57. The maximum Gasteiger partial charge on any atom is 0.131 e. The monoisotopic (exact) mass is 198 g/mol. The van der Waals surface area contributed by atoms with Crippen LogP contribution in [-0.2, 0) is 4.74 Å². The summed E-state index contributed by atoms with van der Waals surface area (Å²) in [6.45, 7) is 1.62. The van der Waals surface area contributed by atoms with Gasteiger partial charge in [-0.15, -0.1) is 0 Å². The largest absolute Gasteiger partial charge is 0.380 e. The molecular formula is C9H11ClN2O. The summed E-state index contributed by atoms with van der Waals surface area (Å²) in [5, 5.41) is 3.85. The Hall–Kier alpha value is -0.800. The van der Waals surface area contributed by atoms with Gasteiger partial charge in [-0.1, -0.05) is 11.6 Å². The van der Waals surface area contributed by atoms with Crippen LogP contribution < -0.4 is 5.32 Å². The van der Waals surface area contributed by atoms with Gasteiger partial charge in [0.15, 0.2) is 0 Å². The van der Waals surface area contributed by atoms with E-state index >= 15 is 0 Å². The zero-order chi connectivity index (χ0) is 9.10. The van der Waals surface area contributed by atoms with Crippen molar-refractivity contribution >= 4 is 17.3 Å². The second-order valence-electron chi connectivity index (χ2n) is 3.07. The summed E-state index contributed by atoms with van der Waals surface area (Å²) in [5.74, 6) is 0. The predicted octanol–water partition coefficient (Wildman–Crippen LogP) is 1.94. The fraction of sp³-hybridized carbons (Fsp3) is 0.444. The number of ether oxygens (including phenoxy) is 1. The fourth-order valence-corrected chi connectivity index (χ4v) is 1.55. The predicted molar refractivity (Wildman–Crippen MR) is 52.1 cm³/mol. The maximum atomic E-state index is 5.75. The zero-order valence-electron chi connectivity index (χ0n) is 7.16. The van der Waals surface area contributed by atoms with Crippen molar-refractivity contribution in [3.05, 3.63) is 23.5 Å². The number of hydrogen-bond acceptors (Lipinski definition) is 3. The third-order valence-corrected chi connectivity index (χ3v) is 2.23. The Kier molecular flexibility index (Phi) is 2.66. The highest BCUT2D eigenvalue weighted by Gasteiger charge is 2.14. The highest BCUT2D eigenvalue weighted by atomic mass is 35.5. The molecule has 0 aromatic carbocycles. The molecule has 2 rings (SSSR count). The van der Waals surface area contributed by atoms with Gasteiger partial charge in [0, 0.05) is 18.5 Å². The summed E-state index contributed by atoms with van der Waals surface area (Å²) < 4.78 is 5.25. The molecular weight excluding hydrogens is 188 g/mol. The molecule has 0 aliphatic carbocycles. The number of rotatable bonds is 2. The molecule has 4 heteroatoms. The first-order valence-corrected chi connectivity index (χ1v) is 4.68. The number of nitrogens with zero attached hydrogens (tertiary/aromatic N) is 1. The van der Waals surface area contributed by atoms with Crippen molar-refractivity contribution in [1.82, 2.24) is 4.98 Å². The van der Waals surface area contributed by atoms with E-state index in [0.29, 0.717) is 11.2 Å². The number of aromatic nitrogens is 1. The third-order valence-electron chi connectivity index (χ3n) is 2.03. The molecule has 0 saturated carbocycles. The summed E-state index contributed by atoms with van der Waals surface area (Å²) in [5.41, 5.74) is 1.01. The van der Waals surface area contributed by atoms with Crippen LogP contribution in [0.3, 0.4) is 0 Å². The minimum absolute atomic E-state index is 0.415. The number of nitrogens with one attached hydrogen (secondary N) is 1. The smallest absolute Gasteiger partial charge is 0.131 e. The lowest BCUT2D eigenvalue weighted by Gasteiger charge is -2.11. The number of pyridine rings is 1. The van der Waals surface area contributed by atoms with Crippen LogP contribution in [0.4, 0.5) is 5.69 Å². The molecule has 1 saturated heterocycles. The van der Waals surface area contributed by atoms with Gasteiger partial charge in [-0.05, 0) is 18.6 Å². The molecule has 1 aliphatic rings. The quantitative estimate of drug-likeness (QED) is 0.738. The van der Waals surface area contributed by atoms with Crippen LogP contribution in [0, 0.1) is 0 Å². The van der Waals surface area contributed by atoms with E-state index in [4.69, 9.17) is 16.3 Å². The summed E-state index contributed by atoms with van der Waals surface area (Å²) in [6, 6.07) is 4.14. The Morgan fingerprint density at radius 1 is 1.62 bits per heavy atom. The molecule has 13 heavy (non-hydrogen) atoms. The lowest BCUT2D eigenvalue weighted by atomic mass is 10.2. The summed E-state index contributed by atoms with van der Waals surface area (Å²) >= 11 is 5.75. The van der Waals surface area contributed by atoms with Gasteiger partial charge in [-0.2, -0.15) is 0 Å². The Labute approximate surface area is 82.1 Å². The third kappa shape index (κ3) is 2.32. The normalized spacial score (nSPS) is 21.8. The Morgan fingerprint density at radius 2 is 2.54 bits per heavy atom. The minimum atomic E-state index is 0.415. The summed E-state index contributed by atoms with van der Waals surface area (Å²) in [4.78, 5) is 3.91. The molecule has 2 heterocycles. The first-order chi connectivity index (χ1) is 6.34. The minimum Gasteiger partial charge on any atom is -0.380 e. The molecule has 0 bridgehead atoms. The molecule has 1 atom stereocenters. The standard InChI is InChI=1S/C9H11ClN2O/c10-9-5-7(1-3-11-9)12-8-2-4-13-6-8/h1,3,5,8H,2,4,6H2,(H,11,12). The molecule has 0 amide bonds. The van der Waals surface area contributed by atoms with Crippen LogP contribution in [-0.4, -0.2) is 24.2 Å². The van der Waals surface area contributed by atoms with Gasteiger partial charge in [0.2, 0.25) is 0 Å². The zero-order valence-corrected chi connectivity index (χ0v) is 7.92. The lowest BCUT2D eigenvalue weighted by Crippen LogP contribution is -2.18. The van der Waals surface area contributed by atoms with Gasteiger partial charge < -0.3 is 10.1 Å². The molecule has 1 N–H and O–H groups in total. The van der Waals surface area contributed by atoms with Crippen molar-refractivity contribution in [2.45, 2.75) is 12.5 Å². The SMILES string of the molecule is Clc1cc(NC2CCOC2)ccn1. The van der Waals surface area contributed by atoms with Crippen molar-refractivity contribution in [2.75, 3.05) is 18.5 Å². The average molecular weight is 199 g/mol. The van der Waals surface area contributed by atoms with Crippen molar-refractivity contribution < 1.29 is 4.74 Å². The number of hydrogen-bond donors (Lipinski definition) is 1. The van der Waals surface area contributed by atoms with Gasteiger partial charge in [-0.3, -0.25) is 0 Å². The van der Waals surface area contributed by atoms with E-state index in [2.05, 4.69) is 10.3 Å². The van der Waals surface area contributed by atoms with Crippen LogP contribution in [0.15, 0.2) is 18.3 Å². The van der Waals surface area contributed by atoms with E-state index in [9.17, 15) is 0 Å². The van der Waals surface area contributed by atoms with Crippen LogP contribution in [0.25, 0.3) is 0 Å². The van der Waals surface area contributed by atoms with Gasteiger partial charge in [0.25, 0.3) is 0 Å². The topological polar surface area (TPSA) is 34.1 Å². The van der Waals surface area contributed by atoms with E-state index in [1.165, 1.54) is 0 Å². The molecule has 0 spiro atoms. The molecule has 70 valence electrons. The van der Waals surface area contributed by atoms with Crippen LogP contribution in [0.2, 0.25) is 5.15 Å². The van der Waals surface area contributed by atoms with Gasteiger partial charge in [0.05, 0.1) is 12.6 Å². The van der Waals surface area contributed by atoms with Gasteiger partial charge in [-0.25, -0.2) is 4.98 Å². The molecule has 1 fully saturated rings. The van der Waals surface area contributed by atoms with E-state index < -0.39 is 0 Å². The number of anilines is 1. The Bertz CT molecular complexity index is 287. The maximum absolute atomic E-state index is 5.75. The second-order valence-corrected chi connectivity index (χ2v) is 3.46. The van der Waals surface area contributed by atoms with Crippen LogP contribution >= 0.6 is 11.6 Å². The Balaban J connectivity index is 2.00. The molecule has 1 aromatic rings. The highest BCUT2D eigenvalue weighted by molar-refractivity contribution is 6.29. The van der Waals surface area contributed by atoms with E-state index in [0.717, 1.165) is 25.3 Å². The molecule has 1 unspecified atom stereocenters. The molecule has 0 radical (unpaired) electrons. The highest BCUT2D eigenvalue weighted by Crippen LogP contribution is 2.15. The number of halogens is 1. The molecule has 1 aromatic heterocycles. The molecule has 3 nitrogen and oxygen atoms in total. The van der Waals surface area contributed by atoms with Gasteiger partial charge >= 0.3 is 0 Å². The van der Waals surface area contributed by atoms with Crippen molar-refractivity contribution in [3.63, 3.8) is 0 Å². The summed E-state index contributed by atoms with van der Waals surface area (Å²) in [6.07, 6.45) is 2.75. The van der Waals surface area contributed by atoms with Crippen molar-refractivity contribution in [3.8, 4) is 0 Å². The van der Waals surface area contributed by atoms with E-state index in [1.54, 1.807) is 6.20 Å². The first-order valence-electron chi connectivity index (χ1n) is 4.30. The van der Waals surface area contributed by atoms with Crippen molar-refractivity contribution in [1.29, 1.82) is 0 Å². The molecule has 1 aliphatic heterocycles. The Morgan fingerprint density at radius 3 is 3.23 bits per heavy atom.